The number of hydrogen-bond donors (Lipinski definition) is 2. The zero-order chi connectivity index (χ0) is 11.0. The Morgan fingerprint density at radius 3 is 3.06 bits per heavy atom. The quantitative estimate of drug-likeness (QED) is 0.789. The largest absolute Gasteiger partial charge is 0.376 e. The molecule has 0 aromatic carbocycles. The van der Waals surface area contributed by atoms with Gasteiger partial charge in [0.2, 0.25) is 0 Å². The number of imidazole rings is 1. The molecule has 16 heavy (non-hydrogen) atoms. The molecular formula is C11H15N3O2. The van der Waals surface area contributed by atoms with E-state index in [-0.39, 0.29) is 18.1 Å². The van der Waals surface area contributed by atoms with Crippen LogP contribution < -0.4 is 5.32 Å². The van der Waals surface area contributed by atoms with Crippen molar-refractivity contribution < 1.29 is 9.53 Å². The van der Waals surface area contributed by atoms with Crippen LogP contribution in [-0.2, 0) is 4.74 Å². The first-order chi connectivity index (χ1) is 7.84. The van der Waals surface area contributed by atoms with Crippen molar-refractivity contribution in [2.24, 2.45) is 5.92 Å². The molecule has 1 aromatic heterocycles. The molecule has 86 valence electrons. The molecule has 0 spiro atoms. The Labute approximate surface area is 93.6 Å². The lowest BCUT2D eigenvalue weighted by Gasteiger charge is -2.18. The molecule has 0 bridgehead atoms. The molecule has 1 saturated carbocycles. The molecule has 1 aliphatic carbocycles. The first-order valence-corrected chi connectivity index (χ1v) is 5.75. The highest BCUT2D eigenvalue weighted by atomic mass is 16.5. The van der Waals surface area contributed by atoms with Crippen molar-refractivity contribution in [3.63, 3.8) is 0 Å². The highest BCUT2D eigenvalue weighted by molar-refractivity contribution is 5.92. The lowest BCUT2D eigenvalue weighted by molar-refractivity contribution is 0.0727. The standard InChI is InChI=1S/C11H15N3O2/c15-11(9-5-12-6-13-9)14-8-3-4-16-10(8)7-1-2-7/h5-8,10H,1-4H2,(H,12,13)(H,14,15). The van der Waals surface area contributed by atoms with Crippen LogP contribution in [0.5, 0.6) is 0 Å². The molecule has 1 aliphatic heterocycles. The van der Waals surface area contributed by atoms with Gasteiger partial charge < -0.3 is 15.0 Å². The van der Waals surface area contributed by atoms with Crippen LogP contribution in [0.15, 0.2) is 12.5 Å². The van der Waals surface area contributed by atoms with Crippen molar-refractivity contribution in [1.82, 2.24) is 15.3 Å². The Morgan fingerprint density at radius 1 is 1.50 bits per heavy atom. The highest BCUT2D eigenvalue weighted by Crippen LogP contribution is 2.38. The van der Waals surface area contributed by atoms with Gasteiger partial charge in [0.15, 0.2) is 0 Å². The van der Waals surface area contributed by atoms with Crippen LogP contribution in [0, 0.1) is 5.92 Å². The van der Waals surface area contributed by atoms with Gasteiger partial charge in [-0.2, -0.15) is 0 Å². The fourth-order valence-electron chi connectivity index (χ4n) is 2.28. The van der Waals surface area contributed by atoms with Crippen molar-refractivity contribution in [3.05, 3.63) is 18.2 Å². The molecule has 2 heterocycles. The van der Waals surface area contributed by atoms with Gasteiger partial charge in [-0.05, 0) is 25.2 Å². The summed E-state index contributed by atoms with van der Waals surface area (Å²) in [5, 5.41) is 3.02. The number of H-pyrrole nitrogens is 1. The van der Waals surface area contributed by atoms with Gasteiger partial charge in [0, 0.05) is 6.61 Å². The summed E-state index contributed by atoms with van der Waals surface area (Å²) >= 11 is 0. The predicted molar refractivity (Wildman–Crippen MR) is 56.9 cm³/mol. The fraction of sp³-hybridized carbons (Fsp3) is 0.636. The van der Waals surface area contributed by atoms with Crippen molar-refractivity contribution in [3.8, 4) is 0 Å². The Morgan fingerprint density at radius 2 is 2.38 bits per heavy atom. The number of aromatic nitrogens is 2. The van der Waals surface area contributed by atoms with Gasteiger partial charge in [-0.25, -0.2) is 4.98 Å². The number of amides is 1. The number of nitrogens with zero attached hydrogens (tertiary/aromatic N) is 1. The minimum Gasteiger partial charge on any atom is -0.376 e. The van der Waals surface area contributed by atoms with E-state index in [1.165, 1.54) is 25.4 Å². The van der Waals surface area contributed by atoms with Crippen LogP contribution in [0.1, 0.15) is 29.8 Å². The third-order valence-corrected chi connectivity index (χ3v) is 3.28. The second-order valence-electron chi connectivity index (χ2n) is 4.51. The fourth-order valence-corrected chi connectivity index (χ4v) is 2.28. The first-order valence-electron chi connectivity index (χ1n) is 5.75. The van der Waals surface area contributed by atoms with Gasteiger partial charge >= 0.3 is 0 Å². The summed E-state index contributed by atoms with van der Waals surface area (Å²) in [6.45, 7) is 0.759. The maximum atomic E-state index is 11.8. The average molecular weight is 221 g/mol. The van der Waals surface area contributed by atoms with Gasteiger partial charge in [0.1, 0.15) is 5.69 Å². The molecule has 3 rings (SSSR count). The minimum atomic E-state index is -0.0846. The molecule has 2 aliphatic rings. The van der Waals surface area contributed by atoms with E-state index >= 15 is 0 Å². The summed E-state index contributed by atoms with van der Waals surface area (Å²) in [7, 11) is 0. The Hall–Kier alpha value is -1.36. The predicted octanol–water partition coefficient (Wildman–Crippen LogP) is 0.707. The van der Waals surface area contributed by atoms with Crippen molar-refractivity contribution in [2.75, 3.05) is 6.61 Å². The SMILES string of the molecule is O=C(NC1CCOC1C1CC1)c1cnc[nH]1. The van der Waals surface area contributed by atoms with Crippen molar-refractivity contribution in [2.45, 2.75) is 31.4 Å². The van der Waals surface area contributed by atoms with Crippen LogP contribution in [0.2, 0.25) is 0 Å². The van der Waals surface area contributed by atoms with E-state index in [0.29, 0.717) is 11.6 Å². The number of carbonyl (C=O) groups excluding carboxylic acids is 1. The first kappa shape index (κ1) is 9.84. The summed E-state index contributed by atoms with van der Waals surface area (Å²) in [5.74, 6) is 0.577. The molecule has 2 fully saturated rings. The van der Waals surface area contributed by atoms with E-state index < -0.39 is 0 Å². The Kier molecular flexibility index (Phi) is 2.40. The van der Waals surface area contributed by atoms with Crippen molar-refractivity contribution in [1.29, 1.82) is 0 Å². The number of aromatic amines is 1. The van der Waals surface area contributed by atoms with Gasteiger partial charge in [0.25, 0.3) is 5.91 Å². The molecule has 5 nitrogen and oxygen atoms in total. The number of nitrogens with one attached hydrogen (secondary N) is 2. The highest BCUT2D eigenvalue weighted by Gasteiger charge is 2.41. The second-order valence-corrected chi connectivity index (χ2v) is 4.51. The molecule has 2 unspecified atom stereocenters. The maximum Gasteiger partial charge on any atom is 0.269 e. The minimum absolute atomic E-state index is 0.0846. The van der Waals surface area contributed by atoms with E-state index in [2.05, 4.69) is 15.3 Å². The van der Waals surface area contributed by atoms with E-state index in [1.807, 2.05) is 0 Å². The smallest absolute Gasteiger partial charge is 0.269 e. The molecule has 1 aromatic rings. The normalized spacial score (nSPS) is 29.2. The maximum absolute atomic E-state index is 11.8. The Balaban J connectivity index is 1.63. The third kappa shape index (κ3) is 1.82. The van der Waals surface area contributed by atoms with E-state index in [4.69, 9.17) is 4.74 Å². The van der Waals surface area contributed by atoms with Crippen LogP contribution in [-0.4, -0.2) is 34.6 Å². The molecule has 1 saturated heterocycles. The summed E-state index contributed by atoms with van der Waals surface area (Å²) in [6.07, 6.45) is 6.67. The van der Waals surface area contributed by atoms with Gasteiger partial charge in [-0.3, -0.25) is 4.79 Å². The molecule has 5 heteroatoms. The Bertz CT molecular complexity index is 373. The molecule has 2 atom stereocenters. The molecular weight excluding hydrogens is 206 g/mol. The monoisotopic (exact) mass is 221 g/mol. The number of carbonyl (C=O) groups is 1. The second kappa shape index (κ2) is 3.90. The number of rotatable bonds is 3. The topological polar surface area (TPSA) is 67.0 Å². The lowest BCUT2D eigenvalue weighted by Crippen LogP contribution is -2.41. The van der Waals surface area contributed by atoms with Crippen LogP contribution in [0.4, 0.5) is 0 Å². The number of ether oxygens (including phenoxy) is 1. The van der Waals surface area contributed by atoms with Crippen LogP contribution in [0.3, 0.4) is 0 Å². The summed E-state index contributed by atoms with van der Waals surface area (Å²) in [5.41, 5.74) is 0.515. The van der Waals surface area contributed by atoms with Gasteiger partial charge in [0.05, 0.1) is 24.7 Å². The number of hydrogen-bond acceptors (Lipinski definition) is 3. The van der Waals surface area contributed by atoms with Crippen LogP contribution >= 0.6 is 0 Å². The van der Waals surface area contributed by atoms with Gasteiger partial charge in [-0.1, -0.05) is 0 Å². The van der Waals surface area contributed by atoms with Crippen molar-refractivity contribution >= 4 is 5.91 Å². The summed E-state index contributed by atoms with van der Waals surface area (Å²) in [4.78, 5) is 18.5. The van der Waals surface area contributed by atoms with E-state index in [1.54, 1.807) is 0 Å². The molecule has 2 N–H and O–H groups in total. The van der Waals surface area contributed by atoms with E-state index in [9.17, 15) is 4.79 Å². The zero-order valence-corrected chi connectivity index (χ0v) is 8.98. The molecule has 0 radical (unpaired) electrons. The zero-order valence-electron chi connectivity index (χ0n) is 8.98. The molecule has 1 amide bonds. The third-order valence-electron chi connectivity index (χ3n) is 3.28. The lowest BCUT2D eigenvalue weighted by atomic mass is 10.1. The van der Waals surface area contributed by atoms with Crippen LogP contribution in [0.25, 0.3) is 0 Å². The summed E-state index contributed by atoms with van der Waals surface area (Å²) < 4.78 is 5.67. The van der Waals surface area contributed by atoms with E-state index in [0.717, 1.165) is 13.0 Å². The summed E-state index contributed by atoms with van der Waals surface area (Å²) in [6, 6.07) is 0.170. The van der Waals surface area contributed by atoms with Gasteiger partial charge in [-0.15, -0.1) is 0 Å². The average Bonchev–Trinajstić information content (AvgIpc) is 2.83.